The Morgan fingerprint density at radius 3 is 2.62 bits per heavy atom. The fraction of sp³-hybridized carbons (Fsp3) is 0.167. The molecule has 0 atom stereocenters. The highest BCUT2D eigenvalue weighted by Gasteiger charge is 2.10. The fourth-order valence-corrected chi connectivity index (χ4v) is 3.39. The van der Waals surface area contributed by atoms with Crippen LogP contribution in [0.15, 0.2) is 73.2 Å². The molecule has 0 saturated heterocycles. The molecule has 0 radical (unpaired) electrons. The molecule has 0 aliphatic rings. The summed E-state index contributed by atoms with van der Waals surface area (Å²) >= 11 is 0. The second-order valence-corrected chi connectivity index (χ2v) is 7.46. The van der Waals surface area contributed by atoms with Crippen molar-refractivity contribution in [2.45, 2.75) is 13.0 Å². The Labute approximate surface area is 195 Å². The number of nitrogens with zero attached hydrogens (tertiary/aromatic N) is 5. The van der Waals surface area contributed by atoms with E-state index in [0.717, 1.165) is 24.2 Å². The first-order valence-corrected chi connectivity index (χ1v) is 10.7. The molecule has 10 heteroatoms. The Kier molecular flexibility index (Phi) is 7.19. The van der Waals surface area contributed by atoms with Gasteiger partial charge in [0.1, 0.15) is 12.1 Å². The highest BCUT2D eigenvalue weighted by Crippen LogP contribution is 2.18. The van der Waals surface area contributed by atoms with Gasteiger partial charge in [-0.2, -0.15) is 5.10 Å². The van der Waals surface area contributed by atoms with E-state index in [1.54, 1.807) is 29.1 Å². The van der Waals surface area contributed by atoms with Gasteiger partial charge in [-0.1, -0.05) is 30.3 Å². The highest BCUT2D eigenvalue weighted by atomic mass is 16.6. The third-order valence-electron chi connectivity index (χ3n) is 5.14. The Hall–Kier alpha value is -4.60. The second kappa shape index (κ2) is 10.8. The molecule has 0 aliphatic heterocycles. The molecule has 0 bridgehead atoms. The molecule has 1 amide bonds. The zero-order valence-corrected chi connectivity index (χ0v) is 18.3. The molecule has 2 aromatic heterocycles. The van der Waals surface area contributed by atoms with E-state index in [9.17, 15) is 14.9 Å². The van der Waals surface area contributed by atoms with Gasteiger partial charge in [-0.3, -0.25) is 14.9 Å². The average Bonchev–Trinajstić information content (AvgIpc) is 3.27. The summed E-state index contributed by atoms with van der Waals surface area (Å²) in [4.78, 5) is 31.0. The van der Waals surface area contributed by atoms with E-state index < -0.39 is 4.92 Å². The number of benzene rings is 2. The summed E-state index contributed by atoms with van der Waals surface area (Å²) in [5.74, 6) is 0.454. The maximum Gasteiger partial charge on any atom is 0.269 e. The molecule has 0 unspecified atom stereocenters. The van der Waals surface area contributed by atoms with Crippen molar-refractivity contribution in [3.8, 4) is 0 Å². The number of carbonyl (C=O) groups excluding carboxylic acids is 1. The van der Waals surface area contributed by atoms with E-state index in [0.29, 0.717) is 24.3 Å². The number of hydrogen-bond donors (Lipinski definition) is 2. The van der Waals surface area contributed by atoms with Crippen LogP contribution in [0.1, 0.15) is 11.1 Å². The maximum absolute atomic E-state index is 12.1. The molecule has 0 fully saturated rings. The molecule has 4 rings (SSSR count). The Balaban J connectivity index is 1.29. The molecule has 2 N–H and O–H groups in total. The third-order valence-corrected chi connectivity index (χ3v) is 5.14. The largest absolute Gasteiger partial charge is 0.369 e. The van der Waals surface area contributed by atoms with Crippen LogP contribution in [0.5, 0.6) is 0 Å². The Morgan fingerprint density at radius 1 is 1.06 bits per heavy atom. The molecule has 0 aliphatic carbocycles. The van der Waals surface area contributed by atoms with Gasteiger partial charge in [0.2, 0.25) is 5.91 Å². The van der Waals surface area contributed by atoms with Gasteiger partial charge in [-0.15, -0.1) is 0 Å². The predicted molar refractivity (Wildman–Crippen MR) is 129 cm³/mol. The summed E-state index contributed by atoms with van der Waals surface area (Å²) in [6, 6.07) is 16.2. The van der Waals surface area contributed by atoms with E-state index in [1.165, 1.54) is 30.1 Å². The van der Waals surface area contributed by atoms with Crippen molar-refractivity contribution in [3.05, 3.63) is 94.4 Å². The van der Waals surface area contributed by atoms with Crippen LogP contribution in [0.3, 0.4) is 0 Å². The highest BCUT2D eigenvalue weighted by molar-refractivity contribution is 5.91. The number of fused-ring (bicyclic) bond motifs is 1. The van der Waals surface area contributed by atoms with Crippen molar-refractivity contribution in [2.75, 3.05) is 18.4 Å². The summed E-state index contributed by atoms with van der Waals surface area (Å²) < 4.78 is 1.72. The van der Waals surface area contributed by atoms with Crippen molar-refractivity contribution in [3.63, 3.8) is 0 Å². The minimum Gasteiger partial charge on any atom is -0.369 e. The number of carbonyl (C=O) groups is 1. The monoisotopic (exact) mass is 457 g/mol. The van der Waals surface area contributed by atoms with Gasteiger partial charge in [-0.25, -0.2) is 14.6 Å². The van der Waals surface area contributed by atoms with Crippen molar-refractivity contribution in [1.82, 2.24) is 25.1 Å². The van der Waals surface area contributed by atoms with Crippen molar-refractivity contribution in [1.29, 1.82) is 0 Å². The van der Waals surface area contributed by atoms with Crippen LogP contribution in [0.2, 0.25) is 0 Å². The van der Waals surface area contributed by atoms with Gasteiger partial charge in [0.25, 0.3) is 5.69 Å². The minimum absolute atomic E-state index is 0.00594. The molecule has 172 valence electrons. The molecule has 4 aromatic rings. The Bertz CT molecular complexity index is 1300. The third kappa shape index (κ3) is 5.80. The fourth-order valence-electron chi connectivity index (χ4n) is 3.39. The average molecular weight is 457 g/mol. The van der Waals surface area contributed by atoms with Gasteiger partial charge in [0.15, 0.2) is 5.65 Å². The van der Waals surface area contributed by atoms with E-state index in [-0.39, 0.29) is 11.6 Å². The van der Waals surface area contributed by atoms with Crippen LogP contribution in [0.4, 0.5) is 11.5 Å². The van der Waals surface area contributed by atoms with Crippen molar-refractivity contribution < 1.29 is 9.72 Å². The van der Waals surface area contributed by atoms with Gasteiger partial charge >= 0.3 is 0 Å². The topological polar surface area (TPSA) is 128 Å². The lowest BCUT2D eigenvalue weighted by molar-refractivity contribution is -0.384. The normalized spacial score (nSPS) is 11.1. The minimum atomic E-state index is -0.464. The standard InChI is InChI=1S/C24H23N7O3/c32-22(11-8-19-6-9-20(10-7-19)31(33)34)25-14-15-30-24-21(16-29-30)23(27-17-28-24)26-13-12-18-4-2-1-3-5-18/h1-11,16-17H,12-15H2,(H,25,32)(H,26,27,28)/b11-8+. The number of hydrogen-bond acceptors (Lipinski definition) is 7. The lowest BCUT2D eigenvalue weighted by Crippen LogP contribution is -2.25. The maximum atomic E-state index is 12.1. The smallest absolute Gasteiger partial charge is 0.269 e. The van der Waals surface area contributed by atoms with Crippen LogP contribution >= 0.6 is 0 Å². The van der Waals surface area contributed by atoms with Crippen LogP contribution in [-0.2, 0) is 17.8 Å². The molecular formula is C24H23N7O3. The van der Waals surface area contributed by atoms with Crippen LogP contribution in [0, 0.1) is 10.1 Å². The van der Waals surface area contributed by atoms with Gasteiger partial charge < -0.3 is 10.6 Å². The van der Waals surface area contributed by atoms with E-state index in [2.05, 4.69) is 37.8 Å². The van der Waals surface area contributed by atoms with Gasteiger partial charge in [0.05, 0.1) is 23.1 Å². The van der Waals surface area contributed by atoms with Crippen LogP contribution in [0.25, 0.3) is 17.1 Å². The lowest BCUT2D eigenvalue weighted by atomic mass is 10.1. The summed E-state index contributed by atoms with van der Waals surface area (Å²) in [7, 11) is 0. The second-order valence-electron chi connectivity index (χ2n) is 7.46. The first kappa shape index (κ1) is 22.6. The molecule has 2 aromatic carbocycles. The van der Waals surface area contributed by atoms with E-state index in [4.69, 9.17) is 0 Å². The van der Waals surface area contributed by atoms with Crippen LogP contribution < -0.4 is 10.6 Å². The summed E-state index contributed by atoms with van der Waals surface area (Å²) in [6.07, 6.45) is 7.08. The molecule has 0 spiro atoms. The van der Waals surface area contributed by atoms with Crippen molar-refractivity contribution in [2.24, 2.45) is 0 Å². The number of rotatable bonds is 10. The van der Waals surface area contributed by atoms with Gasteiger partial charge in [-0.05, 0) is 35.8 Å². The summed E-state index contributed by atoms with van der Waals surface area (Å²) in [5, 5.41) is 22.0. The molecule has 0 saturated carbocycles. The zero-order chi connectivity index (χ0) is 23.8. The summed E-state index contributed by atoms with van der Waals surface area (Å²) in [6.45, 7) is 1.54. The number of nitro groups is 1. The number of non-ortho nitro benzene ring substituents is 1. The number of aromatic nitrogens is 4. The molecule has 2 heterocycles. The molecule has 10 nitrogen and oxygen atoms in total. The SMILES string of the molecule is O=C(/C=C/c1ccc([N+](=O)[O-])cc1)NCCn1ncc2c(NCCc3ccccc3)ncnc21. The first-order valence-electron chi connectivity index (χ1n) is 10.7. The van der Waals surface area contributed by atoms with E-state index >= 15 is 0 Å². The first-order chi connectivity index (χ1) is 16.6. The Morgan fingerprint density at radius 2 is 1.85 bits per heavy atom. The quantitative estimate of drug-likeness (QED) is 0.213. The number of anilines is 1. The van der Waals surface area contributed by atoms with E-state index in [1.807, 2.05) is 18.2 Å². The zero-order valence-electron chi connectivity index (χ0n) is 18.3. The predicted octanol–water partition coefficient (Wildman–Crippen LogP) is 3.22. The summed E-state index contributed by atoms with van der Waals surface area (Å²) in [5.41, 5.74) is 2.64. The lowest BCUT2D eigenvalue weighted by Gasteiger charge is -2.07. The molecule has 34 heavy (non-hydrogen) atoms. The number of nitrogens with one attached hydrogen (secondary N) is 2. The van der Waals surface area contributed by atoms with Gasteiger partial charge in [0, 0.05) is 31.3 Å². The number of amides is 1. The molecular weight excluding hydrogens is 434 g/mol. The van der Waals surface area contributed by atoms with Crippen LogP contribution in [-0.4, -0.2) is 43.7 Å². The van der Waals surface area contributed by atoms with Crippen molar-refractivity contribution >= 4 is 34.5 Å². The number of nitro benzene ring substituents is 1.